The van der Waals surface area contributed by atoms with Crippen molar-refractivity contribution in [2.45, 2.75) is 44.1 Å². The molecule has 0 amide bonds. The van der Waals surface area contributed by atoms with Gasteiger partial charge >= 0.3 is 0 Å². The quantitative estimate of drug-likeness (QED) is 0.685. The zero-order valence-corrected chi connectivity index (χ0v) is 15.7. The highest BCUT2D eigenvalue weighted by atomic mass is 32.2. The fourth-order valence-electron chi connectivity index (χ4n) is 2.31. The largest absolute Gasteiger partial charge is 0.497 e. The Morgan fingerprint density at radius 3 is 2.25 bits per heavy atom. The van der Waals surface area contributed by atoms with Crippen molar-refractivity contribution in [2.75, 3.05) is 7.11 Å². The molecule has 0 spiro atoms. The van der Waals surface area contributed by atoms with E-state index in [1.807, 2.05) is 26.0 Å². The van der Waals surface area contributed by atoms with Gasteiger partial charge < -0.3 is 9.84 Å². The molecule has 0 aromatic heterocycles. The minimum atomic E-state index is -0.838. The maximum absolute atomic E-state index is 10.5. The van der Waals surface area contributed by atoms with Crippen LogP contribution in [0.2, 0.25) is 0 Å². The molecule has 3 heteroatoms. The van der Waals surface area contributed by atoms with Crippen LogP contribution in [0, 0.1) is 6.92 Å². The van der Waals surface area contributed by atoms with E-state index in [1.165, 1.54) is 11.1 Å². The third kappa shape index (κ3) is 5.73. The Hall–Kier alpha value is -1.71. The van der Waals surface area contributed by atoms with Crippen LogP contribution in [-0.4, -0.2) is 17.8 Å². The predicted molar refractivity (Wildman–Crippen MR) is 103 cm³/mol. The highest BCUT2D eigenvalue weighted by molar-refractivity contribution is 8.03. The van der Waals surface area contributed by atoms with Gasteiger partial charge in [0.25, 0.3) is 0 Å². The second-order valence-electron chi connectivity index (χ2n) is 6.43. The smallest absolute Gasteiger partial charge is 0.118 e. The third-order valence-electron chi connectivity index (χ3n) is 3.77. The van der Waals surface area contributed by atoms with E-state index in [0.29, 0.717) is 0 Å². The van der Waals surface area contributed by atoms with E-state index in [9.17, 15) is 5.11 Å². The summed E-state index contributed by atoms with van der Waals surface area (Å²) in [6, 6.07) is 16.5. The molecule has 24 heavy (non-hydrogen) atoms. The molecule has 2 rings (SSSR count). The molecule has 0 saturated carbocycles. The van der Waals surface area contributed by atoms with Crippen molar-refractivity contribution >= 4 is 11.8 Å². The number of ether oxygens (including phenoxy) is 1. The lowest BCUT2D eigenvalue weighted by atomic mass is 10.1. The second kappa shape index (κ2) is 8.41. The monoisotopic (exact) mass is 342 g/mol. The van der Waals surface area contributed by atoms with Crippen LogP contribution >= 0.6 is 11.8 Å². The summed E-state index contributed by atoms with van der Waals surface area (Å²) in [6.07, 6.45) is 3.98. The molecule has 2 aromatic carbocycles. The standard InChI is InChI=1S/C21H26O2S/c1-16-8-14-19(15-9-16)24-20(21(2,3)22)7-5-6-17-10-12-18(23-4)13-11-17/h7-15,22H,5-6H2,1-4H3/b20-7-. The highest BCUT2D eigenvalue weighted by Crippen LogP contribution is 2.34. The lowest BCUT2D eigenvalue weighted by Gasteiger charge is -2.21. The van der Waals surface area contributed by atoms with E-state index in [0.717, 1.165) is 28.4 Å². The number of rotatable bonds is 7. The molecule has 0 bridgehead atoms. The molecule has 0 aliphatic rings. The van der Waals surface area contributed by atoms with Crippen LogP contribution in [0.5, 0.6) is 5.75 Å². The van der Waals surface area contributed by atoms with Crippen molar-refractivity contribution in [1.82, 2.24) is 0 Å². The van der Waals surface area contributed by atoms with Crippen LogP contribution < -0.4 is 4.74 Å². The SMILES string of the molecule is COc1ccc(CC/C=C(\Sc2ccc(C)cc2)C(C)(C)O)cc1. The van der Waals surface area contributed by atoms with Gasteiger partial charge in [-0.25, -0.2) is 0 Å². The van der Waals surface area contributed by atoms with Crippen molar-refractivity contribution in [3.05, 3.63) is 70.6 Å². The average Bonchev–Trinajstić information content (AvgIpc) is 2.55. The molecule has 0 aliphatic carbocycles. The molecular formula is C21H26O2S. The van der Waals surface area contributed by atoms with Crippen LogP contribution in [0.25, 0.3) is 0 Å². The van der Waals surface area contributed by atoms with E-state index < -0.39 is 5.60 Å². The summed E-state index contributed by atoms with van der Waals surface area (Å²) in [4.78, 5) is 2.14. The Kier molecular flexibility index (Phi) is 6.52. The number of thioether (sulfide) groups is 1. The molecule has 1 N–H and O–H groups in total. The van der Waals surface area contributed by atoms with Crippen LogP contribution in [-0.2, 0) is 6.42 Å². The predicted octanol–water partition coefficient (Wildman–Crippen LogP) is 5.38. The van der Waals surface area contributed by atoms with Gasteiger partial charge in [0.1, 0.15) is 5.75 Å². The molecule has 128 valence electrons. The Balaban J connectivity index is 2.03. The summed E-state index contributed by atoms with van der Waals surface area (Å²) >= 11 is 1.64. The van der Waals surface area contributed by atoms with Gasteiger partial charge in [-0.1, -0.05) is 47.7 Å². The van der Waals surface area contributed by atoms with Gasteiger partial charge in [-0.05, 0) is 63.4 Å². The topological polar surface area (TPSA) is 29.5 Å². The summed E-state index contributed by atoms with van der Waals surface area (Å²) in [7, 11) is 1.68. The number of benzene rings is 2. The van der Waals surface area contributed by atoms with E-state index >= 15 is 0 Å². The Labute approximate surface area is 149 Å². The van der Waals surface area contributed by atoms with Gasteiger partial charge in [0.05, 0.1) is 12.7 Å². The Morgan fingerprint density at radius 2 is 1.71 bits per heavy atom. The van der Waals surface area contributed by atoms with Crippen LogP contribution in [0.1, 0.15) is 31.4 Å². The first kappa shape index (κ1) is 18.6. The zero-order valence-electron chi connectivity index (χ0n) is 14.9. The lowest BCUT2D eigenvalue weighted by molar-refractivity contribution is 0.128. The van der Waals surface area contributed by atoms with Crippen molar-refractivity contribution in [3.8, 4) is 5.75 Å². The minimum absolute atomic E-state index is 0.838. The molecule has 0 unspecified atom stereocenters. The number of allylic oxidation sites excluding steroid dienone is 1. The molecule has 0 heterocycles. The van der Waals surface area contributed by atoms with Crippen molar-refractivity contribution < 1.29 is 9.84 Å². The Bertz CT molecular complexity index is 664. The van der Waals surface area contributed by atoms with Gasteiger partial charge in [0.2, 0.25) is 0 Å². The first-order valence-electron chi connectivity index (χ1n) is 8.19. The fraction of sp³-hybridized carbons (Fsp3) is 0.333. The summed E-state index contributed by atoms with van der Waals surface area (Å²) in [5.74, 6) is 0.876. The summed E-state index contributed by atoms with van der Waals surface area (Å²) in [6.45, 7) is 5.76. The second-order valence-corrected chi connectivity index (χ2v) is 7.54. The fourth-order valence-corrected chi connectivity index (χ4v) is 3.29. The van der Waals surface area contributed by atoms with E-state index in [4.69, 9.17) is 4.74 Å². The van der Waals surface area contributed by atoms with Crippen LogP contribution in [0.4, 0.5) is 0 Å². The van der Waals surface area contributed by atoms with Gasteiger partial charge in [-0.2, -0.15) is 0 Å². The maximum atomic E-state index is 10.5. The molecule has 0 atom stereocenters. The summed E-state index contributed by atoms with van der Waals surface area (Å²) in [5.41, 5.74) is 1.67. The van der Waals surface area contributed by atoms with E-state index in [1.54, 1.807) is 18.9 Å². The first-order valence-corrected chi connectivity index (χ1v) is 9.00. The molecule has 2 nitrogen and oxygen atoms in total. The van der Waals surface area contributed by atoms with E-state index in [-0.39, 0.29) is 0 Å². The summed E-state index contributed by atoms with van der Waals surface area (Å²) in [5, 5.41) is 10.5. The molecule has 0 radical (unpaired) electrons. The third-order valence-corrected chi connectivity index (χ3v) is 5.17. The van der Waals surface area contributed by atoms with Gasteiger partial charge in [-0.3, -0.25) is 0 Å². The van der Waals surface area contributed by atoms with Crippen molar-refractivity contribution in [3.63, 3.8) is 0 Å². The molecule has 0 saturated heterocycles. The molecule has 0 aliphatic heterocycles. The van der Waals surface area contributed by atoms with Crippen molar-refractivity contribution in [1.29, 1.82) is 0 Å². The maximum Gasteiger partial charge on any atom is 0.118 e. The normalized spacial score (nSPS) is 12.3. The molecular weight excluding hydrogens is 316 g/mol. The van der Waals surface area contributed by atoms with Gasteiger partial charge in [0.15, 0.2) is 0 Å². The lowest BCUT2D eigenvalue weighted by Crippen LogP contribution is -2.20. The summed E-state index contributed by atoms with van der Waals surface area (Å²) < 4.78 is 5.18. The van der Waals surface area contributed by atoms with Crippen LogP contribution in [0.15, 0.2) is 64.4 Å². The number of aryl methyl sites for hydroxylation is 2. The number of aliphatic hydroxyl groups is 1. The van der Waals surface area contributed by atoms with Crippen LogP contribution in [0.3, 0.4) is 0 Å². The highest BCUT2D eigenvalue weighted by Gasteiger charge is 2.20. The number of hydrogen-bond acceptors (Lipinski definition) is 3. The first-order chi connectivity index (χ1) is 11.4. The van der Waals surface area contributed by atoms with E-state index in [2.05, 4.69) is 49.4 Å². The van der Waals surface area contributed by atoms with Gasteiger partial charge in [0, 0.05) is 9.80 Å². The minimum Gasteiger partial charge on any atom is -0.497 e. The molecule has 0 fully saturated rings. The average molecular weight is 343 g/mol. The van der Waals surface area contributed by atoms with Crippen molar-refractivity contribution in [2.24, 2.45) is 0 Å². The molecule has 2 aromatic rings. The zero-order chi connectivity index (χ0) is 17.6. The Morgan fingerprint density at radius 1 is 1.08 bits per heavy atom. The number of hydrogen-bond donors (Lipinski definition) is 1. The number of methoxy groups -OCH3 is 1. The van der Waals surface area contributed by atoms with Gasteiger partial charge in [-0.15, -0.1) is 0 Å².